The molecule has 4 atom stereocenters. The normalized spacial score (nSPS) is 18.3. The lowest BCUT2D eigenvalue weighted by Gasteiger charge is -2.44. The minimum atomic E-state index is -0.762. The molecule has 10 rings (SSSR count). The molecule has 0 saturated carbocycles. The lowest BCUT2D eigenvalue weighted by Crippen LogP contribution is -2.42. The van der Waals surface area contributed by atoms with Crippen molar-refractivity contribution in [3.05, 3.63) is 192 Å². The Morgan fingerprint density at radius 3 is 1.29 bits per heavy atom. The third kappa shape index (κ3) is 6.18. The van der Waals surface area contributed by atoms with E-state index in [0.29, 0.717) is 30.8 Å². The van der Waals surface area contributed by atoms with Gasteiger partial charge in [0.15, 0.2) is 0 Å². The van der Waals surface area contributed by atoms with Crippen LogP contribution >= 0.6 is 0 Å². The molecule has 0 fully saturated rings. The molecule has 0 radical (unpaired) electrons. The summed E-state index contributed by atoms with van der Waals surface area (Å²) < 4.78 is 12.1. The Morgan fingerprint density at radius 1 is 0.475 bits per heavy atom. The van der Waals surface area contributed by atoms with Crippen molar-refractivity contribution in [1.29, 1.82) is 0 Å². The number of nitrogens with zero attached hydrogens (tertiary/aromatic N) is 2. The van der Waals surface area contributed by atoms with Crippen LogP contribution in [0.2, 0.25) is 0 Å². The number of rotatable bonds is 10. The summed E-state index contributed by atoms with van der Waals surface area (Å²) in [5.41, 5.74) is 8.56. The first-order valence-corrected chi connectivity index (χ1v) is 20.4. The Kier molecular flexibility index (Phi) is 8.94. The van der Waals surface area contributed by atoms with Crippen molar-refractivity contribution in [2.75, 3.05) is 0 Å². The van der Waals surface area contributed by atoms with Gasteiger partial charge < -0.3 is 9.47 Å². The first-order valence-electron chi connectivity index (χ1n) is 20.4. The van der Waals surface area contributed by atoms with Crippen molar-refractivity contribution >= 4 is 33.7 Å². The maximum Gasteiger partial charge on any atom is 0.314 e. The largest absolute Gasteiger partial charge is 0.426 e. The Morgan fingerprint density at radius 2 is 0.847 bits per heavy atom. The molecule has 288 valence electrons. The average molecular weight is 771 g/mol. The quantitative estimate of drug-likeness (QED) is 0.102. The molecule has 0 aliphatic heterocycles. The number of fused-ring (bicyclic) bond motifs is 8. The van der Waals surface area contributed by atoms with Crippen LogP contribution in [0.5, 0.6) is 11.5 Å². The fraction of sp³-hybridized carbons (Fsp3) is 0.170. The number of hydrogen-bond donors (Lipinski definition) is 0. The predicted molar refractivity (Wildman–Crippen MR) is 232 cm³/mol. The molecule has 2 heterocycles. The second kappa shape index (κ2) is 14.5. The van der Waals surface area contributed by atoms with Crippen molar-refractivity contribution in [3.8, 4) is 34.0 Å². The van der Waals surface area contributed by atoms with Gasteiger partial charge in [0.1, 0.15) is 11.5 Å². The molecule has 2 aliphatic carbocycles. The molecule has 0 saturated heterocycles. The van der Waals surface area contributed by atoms with Gasteiger partial charge in [-0.3, -0.25) is 9.59 Å². The van der Waals surface area contributed by atoms with E-state index in [0.717, 1.165) is 66.6 Å². The fourth-order valence-corrected chi connectivity index (χ4v) is 9.98. The van der Waals surface area contributed by atoms with Crippen molar-refractivity contribution in [3.63, 3.8) is 0 Å². The van der Waals surface area contributed by atoms with Crippen LogP contribution in [0.25, 0.3) is 44.3 Å². The smallest absolute Gasteiger partial charge is 0.314 e. The minimum Gasteiger partial charge on any atom is -0.426 e. The van der Waals surface area contributed by atoms with Crippen LogP contribution in [-0.4, -0.2) is 21.9 Å². The molecular formula is C53H42N2O4. The summed E-state index contributed by atoms with van der Waals surface area (Å²) in [7, 11) is 0. The van der Waals surface area contributed by atoms with Gasteiger partial charge in [-0.15, -0.1) is 0 Å². The van der Waals surface area contributed by atoms with Crippen LogP contribution in [-0.2, 0) is 20.4 Å². The summed E-state index contributed by atoms with van der Waals surface area (Å²) in [5, 5.41) is 2.05. The summed E-state index contributed by atoms with van der Waals surface area (Å²) in [4.78, 5) is 39.3. The highest BCUT2D eigenvalue weighted by molar-refractivity contribution is 5.91. The topological polar surface area (TPSA) is 78.4 Å². The van der Waals surface area contributed by atoms with Crippen LogP contribution in [0.1, 0.15) is 55.4 Å². The van der Waals surface area contributed by atoms with Gasteiger partial charge in [0.05, 0.1) is 34.3 Å². The molecule has 6 nitrogen and oxygen atoms in total. The zero-order chi connectivity index (χ0) is 40.1. The van der Waals surface area contributed by atoms with Gasteiger partial charge in [-0.05, 0) is 90.0 Å². The van der Waals surface area contributed by atoms with Crippen LogP contribution in [0.15, 0.2) is 170 Å². The fourth-order valence-electron chi connectivity index (χ4n) is 9.98. The zero-order valence-electron chi connectivity index (χ0n) is 33.0. The standard InChI is InChI=1S/C53H42N2O4/c1-34(50(56)58-38-19-5-3-6-20-38)31-52(42-25-13-11-23-40(42)48-44(52)29-36-17-9-15-27-46(36)54-48)33-53(32-35(2)51(57)59-39-21-7-4-8-22-39)43-26-14-12-24-41(43)49-45(53)30-37-18-10-16-28-47(37)55-49/h3-30,34-35H,31-33H2,1-2H3. The SMILES string of the molecule is CC(CC1(CC2(CC(C)C(=O)Oc3ccccc3)c3ccccc3-c3nc4ccccc4cc32)c2ccccc2-c2nc3ccccc3cc21)C(=O)Oc1ccccc1. The van der Waals surface area contributed by atoms with Crippen LogP contribution < -0.4 is 9.47 Å². The maximum absolute atomic E-state index is 14.3. The first-order chi connectivity index (χ1) is 28.8. The summed E-state index contributed by atoms with van der Waals surface area (Å²) in [6, 6.07) is 56.6. The number of esters is 2. The molecular weight excluding hydrogens is 729 g/mol. The lowest BCUT2D eigenvalue weighted by molar-refractivity contribution is -0.139. The van der Waals surface area contributed by atoms with E-state index in [1.54, 1.807) is 0 Å². The van der Waals surface area contributed by atoms with Gasteiger partial charge in [-0.2, -0.15) is 0 Å². The first kappa shape index (κ1) is 36.4. The van der Waals surface area contributed by atoms with Gasteiger partial charge in [-0.25, -0.2) is 9.97 Å². The van der Waals surface area contributed by atoms with E-state index in [4.69, 9.17) is 19.4 Å². The molecule has 6 aromatic carbocycles. The minimum absolute atomic E-state index is 0.302. The van der Waals surface area contributed by atoms with Crippen molar-refractivity contribution < 1.29 is 19.1 Å². The van der Waals surface area contributed by atoms with E-state index in [2.05, 4.69) is 84.9 Å². The van der Waals surface area contributed by atoms with Gasteiger partial charge in [0, 0.05) is 32.7 Å². The molecule has 2 aromatic heterocycles. The van der Waals surface area contributed by atoms with Gasteiger partial charge in [0.2, 0.25) is 0 Å². The van der Waals surface area contributed by atoms with Gasteiger partial charge in [0.25, 0.3) is 0 Å². The number of carbonyl (C=O) groups excluding carboxylic acids is 2. The Labute approximate surface area is 343 Å². The molecule has 8 aromatic rings. The van der Waals surface area contributed by atoms with Crippen molar-refractivity contribution in [1.82, 2.24) is 9.97 Å². The van der Waals surface area contributed by atoms with Gasteiger partial charge in [-0.1, -0.05) is 135 Å². The molecule has 59 heavy (non-hydrogen) atoms. The number of hydrogen-bond acceptors (Lipinski definition) is 6. The highest BCUT2D eigenvalue weighted by atomic mass is 16.5. The number of ether oxygens (including phenoxy) is 2. The van der Waals surface area contributed by atoms with E-state index < -0.39 is 22.7 Å². The third-order valence-electron chi connectivity index (χ3n) is 12.5. The second-order valence-electron chi connectivity index (χ2n) is 16.3. The Bertz CT molecular complexity index is 2710. The molecule has 0 amide bonds. The molecule has 0 N–H and O–H groups in total. The monoisotopic (exact) mass is 770 g/mol. The van der Waals surface area contributed by atoms with Gasteiger partial charge >= 0.3 is 11.9 Å². The van der Waals surface area contributed by atoms with E-state index in [9.17, 15) is 9.59 Å². The third-order valence-corrected chi connectivity index (χ3v) is 12.5. The average Bonchev–Trinajstić information content (AvgIpc) is 3.67. The van der Waals surface area contributed by atoms with E-state index in [1.807, 2.05) is 98.8 Å². The number of benzene rings is 6. The number of carbonyl (C=O) groups is 2. The molecule has 0 bridgehead atoms. The van der Waals surface area contributed by atoms with Crippen molar-refractivity contribution in [2.45, 2.75) is 43.9 Å². The van der Waals surface area contributed by atoms with Crippen LogP contribution in [0.3, 0.4) is 0 Å². The van der Waals surface area contributed by atoms with E-state index in [-0.39, 0.29) is 11.9 Å². The summed E-state index contributed by atoms with van der Waals surface area (Å²) in [6.07, 6.45) is 1.40. The van der Waals surface area contributed by atoms with Crippen LogP contribution in [0, 0.1) is 11.8 Å². The number of pyridine rings is 2. The molecule has 6 heteroatoms. The van der Waals surface area contributed by atoms with Crippen LogP contribution in [0.4, 0.5) is 0 Å². The molecule has 0 spiro atoms. The summed E-state index contributed by atoms with van der Waals surface area (Å²) in [5.74, 6) is -0.629. The highest BCUT2D eigenvalue weighted by Gasteiger charge is 2.55. The lowest BCUT2D eigenvalue weighted by atomic mass is 9.58. The highest BCUT2D eigenvalue weighted by Crippen LogP contribution is 2.63. The maximum atomic E-state index is 14.3. The molecule has 4 unspecified atom stereocenters. The zero-order valence-corrected chi connectivity index (χ0v) is 33.0. The van der Waals surface area contributed by atoms with E-state index in [1.165, 1.54) is 0 Å². The summed E-state index contributed by atoms with van der Waals surface area (Å²) >= 11 is 0. The Balaban J connectivity index is 1.21. The van der Waals surface area contributed by atoms with Crippen molar-refractivity contribution in [2.24, 2.45) is 11.8 Å². The second-order valence-corrected chi connectivity index (χ2v) is 16.3. The van der Waals surface area contributed by atoms with E-state index >= 15 is 0 Å². The Hall–Kier alpha value is -6.92. The number of para-hydroxylation sites is 4. The predicted octanol–water partition coefficient (Wildman–Crippen LogP) is 11.7. The summed E-state index contributed by atoms with van der Waals surface area (Å²) in [6.45, 7) is 3.94. The molecule has 2 aliphatic rings. The number of aromatic nitrogens is 2.